The number of benzene rings is 2. The van der Waals surface area contributed by atoms with Crippen molar-refractivity contribution in [3.05, 3.63) is 48.0 Å². The van der Waals surface area contributed by atoms with Crippen LogP contribution in [0.15, 0.2) is 36.4 Å². The maximum absolute atomic E-state index is 13.5. The van der Waals surface area contributed by atoms with E-state index in [4.69, 9.17) is 10.00 Å². The van der Waals surface area contributed by atoms with Gasteiger partial charge in [0.05, 0.1) is 29.8 Å². The molecule has 1 aromatic heterocycles. The van der Waals surface area contributed by atoms with E-state index in [2.05, 4.69) is 4.98 Å². The lowest BCUT2D eigenvalue weighted by Crippen LogP contribution is -2.00. The summed E-state index contributed by atoms with van der Waals surface area (Å²) in [5.74, 6) is -0.948. The highest BCUT2D eigenvalue weighted by Gasteiger charge is 2.17. The minimum absolute atomic E-state index is 0.0328. The minimum atomic E-state index is -0.974. The summed E-state index contributed by atoms with van der Waals surface area (Å²) in [5.41, 5.74) is 1.30. The van der Waals surface area contributed by atoms with Gasteiger partial charge in [0.15, 0.2) is 11.6 Å². The largest absolute Gasteiger partial charge is 0.496 e. The van der Waals surface area contributed by atoms with E-state index in [-0.39, 0.29) is 12.1 Å². The molecule has 0 amide bonds. The topological polar surface area (TPSA) is 50.8 Å². The number of ether oxygens (including phenoxy) is 1. The number of nitrogens with zero attached hydrogens (tertiary/aromatic N) is 3. The fraction of sp³-hybridized carbons (Fsp3) is 0.125. The first-order valence-electron chi connectivity index (χ1n) is 6.51. The van der Waals surface area contributed by atoms with Crippen molar-refractivity contribution in [2.45, 2.75) is 6.54 Å². The number of aromatic nitrogens is 2. The van der Waals surface area contributed by atoms with Gasteiger partial charge in [0, 0.05) is 12.1 Å². The summed E-state index contributed by atoms with van der Waals surface area (Å²) < 4.78 is 33.7. The molecular formula is C16H11F2N3O. The standard InChI is InChI=1S/C16H11F2N3O/c1-22-15-5-3-2-4-10(15)16-20-13-8-11(17)12(18)9-14(13)21(16)7-6-19/h2-5,8-9H,7H2,1H3. The average molecular weight is 299 g/mol. The third-order valence-electron chi connectivity index (χ3n) is 3.37. The highest BCUT2D eigenvalue weighted by atomic mass is 19.2. The van der Waals surface area contributed by atoms with Gasteiger partial charge in [-0.15, -0.1) is 0 Å². The summed E-state index contributed by atoms with van der Waals surface area (Å²) in [5, 5.41) is 9.02. The maximum Gasteiger partial charge on any atom is 0.161 e. The average Bonchev–Trinajstić information content (AvgIpc) is 2.86. The van der Waals surface area contributed by atoms with Crippen molar-refractivity contribution in [3.8, 4) is 23.2 Å². The second kappa shape index (κ2) is 5.45. The van der Waals surface area contributed by atoms with Gasteiger partial charge in [-0.1, -0.05) is 12.1 Å². The molecule has 110 valence electrons. The van der Waals surface area contributed by atoms with Crippen LogP contribution in [0.25, 0.3) is 22.4 Å². The number of hydrogen-bond acceptors (Lipinski definition) is 3. The Morgan fingerprint density at radius 1 is 1.23 bits per heavy atom. The Kier molecular flexibility index (Phi) is 3.47. The number of methoxy groups -OCH3 is 1. The Balaban J connectivity index is 2.34. The summed E-state index contributed by atoms with van der Waals surface area (Å²) in [4.78, 5) is 4.34. The molecule has 3 aromatic rings. The number of fused-ring (bicyclic) bond motifs is 1. The Labute approximate surface area is 125 Å². The lowest BCUT2D eigenvalue weighted by atomic mass is 10.2. The van der Waals surface area contributed by atoms with Crippen LogP contribution in [0.1, 0.15) is 0 Å². The summed E-state index contributed by atoms with van der Waals surface area (Å²) >= 11 is 0. The molecule has 0 aliphatic heterocycles. The lowest BCUT2D eigenvalue weighted by Gasteiger charge is -2.09. The van der Waals surface area contributed by atoms with Gasteiger partial charge in [-0.05, 0) is 12.1 Å². The predicted molar refractivity (Wildman–Crippen MR) is 77.3 cm³/mol. The molecule has 4 nitrogen and oxygen atoms in total. The van der Waals surface area contributed by atoms with Crippen LogP contribution in [0.3, 0.4) is 0 Å². The molecule has 1 heterocycles. The van der Waals surface area contributed by atoms with E-state index in [1.54, 1.807) is 24.3 Å². The molecule has 0 atom stereocenters. The van der Waals surface area contributed by atoms with Crippen molar-refractivity contribution < 1.29 is 13.5 Å². The fourth-order valence-electron chi connectivity index (χ4n) is 2.39. The van der Waals surface area contributed by atoms with Gasteiger partial charge >= 0.3 is 0 Å². The summed E-state index contributed by atoms with van der Waals surface area (Å²) in [6.07, 6.45) is 0. The first-order valence-corrected chi connectivity index (χ1v) is 6.51. The second-order valence-corrected chi connectivity index (χ2v) is 4.63. The van der Waals surface area contributed by atoms with E-state index in [1.807, 2.05) is 6.07 Å². The van der Waals surface area contributed by atoms with Crippen molar-refractivity contribution in [1.82, 2.24) is 9.55 Å². The summed E-state index contributed by atoms with van der Waals surface area (Å²) in [6.45, 7) is -0.0328. The number of rotatable bonds is 3. The van der Waals surface area contributed by atoms with Gasteiger partial charge in [0.2, 0.25) is 0 Å². The van der Waals surface area contributed by atoms with Gasteiger partial charge in [0.25, 0.3) is 0 Å². The molecule has 0 saturated carbocycles. The molecule has 0 radical (unpaired) electrons. The third kappa shape index (κ3) is 2.17. The molecule has 6 heteroatoms. The van der Waals surface area contributed by atoms with Crippen molar-refractivity contribution in [2.75, 3.05) is 7.11 Å². The third-order valence-corrected chi connectivity index (χ3v) is 3.37. The Morgan fingerprint density at radius 2 is 1.95 bits per heavy atom. The second-order valence-electron chi connectivity index (χ2n) is 4.63. The smallest absolute Gasteiger partial charge is 0.161 e. The van der Waals surface area contributed by atoms with E-state index in [9.17, 15) is 8.78 Å². The summed E-state index contributed by atoms with van der Waals surface area (Å²) in [7, 11) is 1.52. The van der Waals surface area contributed by atoms with Gasteiger partial charge < -0.3 is 9.30 Å². The number of hydrogen-bond donors (Lipinski definition) is 0. The van der Waals surface area contributed by atoms with Crippen LogP contribution in [-0.4, -0.2) is 16.7 Å². The minimum Gasteiger partial charge on any atom is -0.496 e. The number of nitriles is 1. The molecule has 22 heavy (non-hydrogen) atoms. The maximum atomic E-state index is 13.5. The highest BCUT2D eigenvalue weighted by Crippen LogP contribution is 2.32. The van der Waals surface area contributed by atoms with Gasteiger partial charge in [-0.3, -0.25) is 0 Å². The summed E-state index contributed by atoms with van der Waals surface area (Å²) in [6, 6.07) is 11.2. The SMILES string of the molecule is COc1ccccc1-c1nc2cc(F)c(F)cc2n1CC#N. The molecule has 0 unspecified atom stereocenters. The highest BCUT2D eigenvalue weighted by molar-refractivity contribution is 5.82. The molecule has 2 aromatic carbocycles. The quantitative estimate of drug-likeness (QED) is 0.743. The molecule has 3 rings (SSSR count). The van der Waals surface area contributed by atoms with Gasteiger partial charge in [-0.25, -0.2) is 13.8 Å². The number of imidazole rings is 1. The normalized spacial score (nSPS) is 10.6. The van der Waals surface area contributed by atoms with E-state index in [0.717, 1.165) is 12.1 Å². The molecule has 0 saturated heterocycles. The first kappa shape index (κ1) is 14.0. The van der Waals surface area contributed by atoms with Crippen LogP contribution in [0.4, 0.5) is 8.78 Å². The molecular weight excluding hydrogens is 288 g/mol. The van der Waals surface area contributed by atoms with Crippen LogP contribution in [-0.2, 0) is 6.54 Å². The van der Waals surface area contributed by atoms with E-state index >= 15 is 0 Å². The molecule has 0 fully saturated rings. The molecule has 0 bridgehead atoms. The molecule has 0 spiro atoms. The predicted octanol–water partition coefficient (Wildman–Crippen LogP) is 3.51. The van der Waals surface area contributed by atoms with Crippen LogP contribution >= 0.6 is 0 Å². The van der Waals surface area contributed by atoms with Crippen molar-refractivity contribution in [1.29, 1.82) is 5.26 Å². The van der Waals surface area contributed by atoms with Crippen molar-refractivity contribution in [3.63, 3.8) is 0 Å². The van der Waals surface area contributed by atoms with E-state index < -0.39 is 11.6 Å². The zero-order valence-corrected chi connectivity index (χ0v) is 11.7. The van der Waals surface area contributed by atoms with Crippen LogP contribution in [0.2, 0.25) is 0 Å². The zero-order valence-electron chi connectivity index (χ0n) is 11.7. The molecule has 0 aliphatic carbocycles. The Hall–Kier alpha value is -2.94. The molecule has 0 aliphatic rings. The van der Waals surface area contributed by atoms with E-state index in [0.29, 0.717) is 22.7 Å². The number of para-hydroxylation sites is 1. The monoisotopic (exact) mass is 299 g/mol. The number of halogens is 2. The van der Waals surface area contributed by atoms with Gasteiger partial charge in [-0.2, -0.15) is 5.26 Å². The zero-order chi connectivity index (χ0) is 15.7. The Morgan fingerprint density at radius 3 is 2.68 bits per heavy atom. The molecule has 0 N–H and O–H groups in total. The van der Waals surface area contributed by atoms with E-state index in [1.165, 1.54) is 11.7 Å². The first-order chi connectivity index (χ1) is 10.7. The fourth-order valence-corrected chi connectivity index (χ4v) is 2.39. The Bertz CT molecular complexity index is 896. The van der Waals surface area contributed by atoms with Crippen LogP contribution in [0.5, 0.6) is 5.75 Å². The van der Waals surface area contributed by atoms with Crippen molar-refractivity contribution in [2.24, 2.45) is 0 Å². The van der Waals surface area contributed by atoms with Crippen LogP contribution < -0.4 is 4.74 Å². The van der Waals surface area contributed by atoms with Crippen molar-refractivity contribution >= 4 is 11.0 Å². The van der Waals surface area contributed by atoms with Crippen LogP contribution in [0, 0.1) is 23.0 Å². The lowest BCUT2D eigenvalue weighted by molar-refractivity contribution is 0.416. The van der Waals surface area contributed by atoms with Gasteiger partial charge in [0.1, 0.15) is 18.1 Å².